The number of likely N-dealkylation sites (N-methyl/N-ethyl adjacent to an activating group) is 1. The van der Waals surface area contributed by atoms with Crippen LogP contribution in [-0.4, -0.2) is 36.6 Å². The predicted octanol–water partition coefficient (Wildman–Crippen LogP) is 3.66. The van der Waals surface area contributed by atoms with Crippen molar-refractivity contribution in [3.05, 3.63) is 0 Å². The minimum Gasteiger partial charge on any atom is -0.313 e. The SMILES string of the molecule is CCCNC(C)C(C)N(C)C1CCC(C)(C)CC1. The minimum absolute atomic E-state index is 0.576. The summed E-state index contributed by atoms with van der Waals surface area (Å²) in [5.74, 6) is 0. The molecule has 1 fully saturated rings. The Hall–Kier alpha value is -0.0800. The van der Waals surface area contributed by atoms with E-state index < -0.39 is 0 Å². The molecule has 0 radical (unpaired) electrons. The molecule has 1 N–H and O–H groups in total. The van der Waals surface area contributed by atoms with Crippen LogP contribution in [0.2, 0.25) is 0 Å². The normalized spacial score (nSPS) is 24.2. The van der Waals surface area contributed by atoms with Crippen molar-refractivity contribution in [2.45, 2.75) is 84.8 Å². The zero-order valence-electron chi connectivity index (χ0n) is 13.4. The van der Waals surface area contributed by atoms with Crippen LogP contribution in [0.15, 0.2) is 0 Å². The van der Waals surface area contributed by atoms with E-state index in [9.17, 15) is 0 Å². The van der Waals surface area contributed by atoms with E-state index in [2.05, 4.69) is 51.9 Å². The van der Waals surface area contributed by atoms with Gasteiger partial charge in [-0.25, -0.2) is 0 Å². The molecule has 0 amide bonds. The van der Waals surface area contributed by atoms with Gasteiger partial charge in [-0.2, -0.15) is 0 Å². The Morgan fingerprint density at radius 2 is 1.78 bits per heavy atom. The van der Waals surface area contributed by atoms with E-state index >= 15 is 0 Å². The second-order valence-electron chi connectivity index (χ2n) is 7.04. The minimum atomic E-state index is 0.576. The fraction of sp³-hybridized carbons (Fsp3) is 1.00. The molecule has 0 aliphatic heterocycles. The Kier molecular flexibility index (Phi) is 6.13. The molecule has 0 bridgehead atoms. The first-order valence-electron chi connectivity index (χ1n) is 7.82. The van der Waals surface area contributed by atoms with E-state index in [1.807, 2.05) is 0 Å². The van der Waals surface area contributed by atoms with Gasteiger partial charge < -0.3 is 5.32 Å². The first-order valence-corrected chi connectivity index (χ1v) is 7.82. The van der Waals surface area contributed by atoms with Gasteiger partial charge in [-0.3, -0.25) is 4.90 Å². The predicted molar refractivity (Wildman–Crippen MR) is 81.0 cm³/mol. The fourth-order valence-electron chi connectivity index (χ4n) is 3.02. The summed E-state index contributed by atoms with van der Waals surface area (Å²) in [6.45, 7) is 12.9. The molecular weight excluding hydrogens is 220 g/mol. The van der Waals surface area contributed by atoms with Crippen molar-refractivity contribution in [2.24, 2.45) is 5.41 Å². The molecule has 1 aliphatic carbocycles. The Labute approximate surface area is 115 Å². The third-order valence-electron chi connectivity index (χ3n) is 4.97. The lowest BCUT2D eigenvalue weighted by atomic mass is 9.75. The topological polar surface area (TPSA) is 15.3 Å². The van der Waals surface area contributed by atoms with Gasteiger partial charge in [0.25, 0.3) is 0 Å². The Bertz CT molecular complexity index is 227. The van der Waals surface area contributed by atoms with Gasteiger partial charge in [0.2, 0.25) is 0 Å². The first-order chi connectivity index (χ1) is 8.37. The molecular formula is C16H34N2. The summed E-state index contributed by atoms with van der Waals surface area (Å²) in [4.78, 5) is 2.61. The molecule has 0 aromatic rings. The van der Waals surface area contributed by atoms with E-state index in [-0.39, 0.29) is 0 Å². The van der Waals surface area contributed by atoms with Crippen LogP contribution in [0, 0.1) is 5.41 Å². The van der Waals surface area contributed by atoms with Gasteiger partial charge in [-0.15, -0.1) is 0 Å². The summed E-state index contributed by atoms with van der Waals surface area (Å²) >= 11 is 0. The monoisotopic (exact) mass is 254 g/mol. The van der Waals surface area contributed by atoms with Gasteiger partial charge in [0, 0.05) is 18.1 Å². The molecule has 0 heterocycles. The molecule has 2 atom stereocenters. The molecule has 1 saturated carbocycles. The van der Waals surface area contributed by atoms with E-state index in [0.717, 1.165) is 12.6 Å². The molecule has 18 heavy (non-hydrogen) atoms. The van der Waals surface area contributed by atoms with Gasteiger partial charge in [0.1, 0.15) is 0 Å². The quantitative estimate of drug-likeness (QED) is 0.778. The second kappa shape index (κ2) is 6.91. The zero-order chi connectivity index (χ0) is 13.8. The molecule has 2 unspecified atom stereocenters. The highest BCUT2D eigenvalue weighted by Crippen LogP contribution is 2.37. The van der Waals surface area contributed by atoms with Gasteiger partial charge in [-0.1, -0.05) is 20.8 Å². The highest BCUT2D eigenvalue weighted by Gasteiger charge is 2.31. The summed E-state index contributed by atoms with van der Waals surface area (Å²) in [5.41, 5.74) is 0.576. The van der Waals surface area contributed by atoms with Crippen molar-refractivity contribution >= 4 is 0 Å². The van der Waals surface area contributed by atoms with Gasteiger partial charge in [0.05, 0.1) is 0 Å². The smallest absolute Gasteiger partial charge is 0.0218 e. The van der Waals surface area contributed by atoms with Crippen LogP contribution < -0.4 is 5.32 Å². The zero-order valence-corrected chi connectivity index (χ0v) is 13.4. The number of hydrogen-bond acceptors (Lipinski definition) is 2. The van der Waals surface area contributed by atoms with Crippen molar-refractivity contribution < 1.29 is 0 Å². The number of nitrogens with zero attached hydrogens (tertiary/aromatic N) is 1. The summed E-state index contributed by atoms with van der Waals surface area (Å²) < 4.78 is 0. The lowest BCUT2D eigenvalue weighted by Gasteiger charge is -2.42. The fourth-order valence-corrected chi connectivity index (χ4v) is 3.02. The Balaban J connectivity index is 2.41. The summed E-state index contributed by atoms with van der Waals surface area (Å²) in [7, 11) is 2.32. The average Bonchev–Trinajstić information content (AvgIpc) is 2.34. The molecule has 0 spiro atoms. The maximum Gasteiger partial charge on any atom is 0.0218 e. The van der Waals surface area contributed by atoms with Crippen molar-refractivity contribution in [3.8, 4) is 0 Å². The lowest BCUT2D eigenvalue weighted by molar-refractivity contribution is 0.0873. The first kappa shape index (κ1) is 16.0. The number of rotatable bonds is 6. The van der Waals surface area contributed by atoms with Gasteiger partial charge >= 0.3 is 0 Å². The van der Waals surface area contributed by atoms with E-state index in [1.165, 1.54) is 32.1 Å². The number of nitrogens with one attached hydrogen (secondary N) is 1. The standard InChI is InChI=1S/C16H34N2/c1-7-12-17-13(2)14(3)18(6)15-8-10-16(4,5)11-9-15/h13-15,17H,7-12H2,1-6H3. The highest BCUT2D eigenvalue weighted by atomic mass is 15.2. The molecule has 0 aromatic carbocycles. The Morgan fingerprint density at radius 3 is 2.28 bits per heavy atom. The Morgan fingerprint density at radius 1 is 1.22 bits per heavy atom. The van der Waals surface area contributed by atoms with Crippen molar-refractivity contribution in [1.29, 1.82) is 0 Å². The van der Waals surface area contributed by atoms with E-state index in [1.54, 1.807) is 0 Å². The summed E-state index contributed by atoms with van der Waals surface area (Å²) in [6.07, 6.45) is 6.72. The van der Waals surface area contributed by atoms with Crippen LogP contribution in [-0.2, 0) is 0 Å². The summed E-state index contributed by atoms with van der Waals surface area (Å²) in [6, 6.07) is 2.01. The average molecular weight is 254 g/mol. The van der Waals surface area contributed by atoms with Crippen LogP contribution in [0.3, 0.4) is 0 Å². The van der Waals surface area contributed by atoms with Crippen LogP contribution in [0.1, 0.15) is 66.7 Å². The molecule has 1 aliphatic rings. The largest absolute Gasteiger partial charge is 0.313 e. The lowest BCUT2D eigenvalue weighted by Crippen LogP contribution is -2.50. The van der Waals surface area contributed by atoms with E-state index in [0.29, 0.717) is 17.5 Å². The van der Waals surface area contributed by atoms with Crippen molar-refractivity contribution in [1.82, 2.24) is 10.2 Å². The maximum atomic E-state index is 3.63. The van der Waals surface area contributed by atoms with Crippen molar-refractivity contribution in [2.75, 3.05) is 13.6 Å². The second-order valence-corrected chi connectivity index (χ2v) is 7.04. The highest BCUT2D eigenvalue weighted by molar-refractivity contribution is 4.87. The van der Waals surface area contributed by atoms with Gasteiger partial charge in [0.15, 0.2) is 0 Å². The third-order valence-corrected chi connectivity index (χ3v) is 4.97. The molecule has 1 rings (SSSR count). The van der Waals surface area contributed by atoms with Gasteiger partial charge in [-0.05, 0) is 65.0 Å². The van der Waals surface area contributed by atoms with Crippen LogP contribution in [0.25, 0.3) is 0 Å². The molecule has 2 nitrogen and oxygen atoms in total. The van der Waals surface area contributed by atoms with E-state index in [4.69, 9.17) is 0 Å². The third kappa shape index (κ3) is 4.55. The molecule has 0 aromatic heterocycles. The summed E-state index contributed by atoms with van der Waals surface area (Å²) in [5, 5.41) is 3.63. The van der Waals surface area contributed by atoms with Crippen LogP contribution in [0.4, 0.5) is 0 Å². The molecule has 0 saturated heterocycles. The molecule has 108 valence electrons. The maximum absolute atomic E-state index is 3.63. The van der Waals surface area contributed by atoms with Crippen molar-refractivity contribution in [3.63, 3.8) is 0 Å². The van der Waals surface area contributed by atoms with Crippen LogP contribution >= 0.6 is 0 Å². The number of hydrogen-bond donors (Lipinski definition) is 1. The van der Waals surface area contributed by atoms with Crippen LogP contribution in [0.5, 0.6) is 0 Å². The molecule has 2 heteroatoms.